The Labute approximate surface area is 97.3 Å². The maximum absolute atomic E-state index is 10.9. The van der Waals surface area contributed by atoms with Crippen molar-refractivity contribution in [2.24, 2.45) is 0 Å². The van der Waals surface area contributed by atoms with E-state index in [1.54, 1.807) is 12.1 Å². The van der Waals surface area contributed by atoms with Crippen LogP contribution in [0.25, 0.3) is 0 Å². The van der Waals surface area contributed by atoms with Gasteiger partial charge < -0.3 is 5.11 Å². The fourth-order valence-corrected chi connectivity index (χ4v) is 1.86. The van der Waals surface area contributed by atoms with Gasteiger partial charge in [0.2, 0.25) is 0 Å². The van der Waals surface area contributed by atoms with E-state index in [9.17, 15) is 4.79 Å². The average molecular weight is 220 g/mol. The predicted molar refractivity (Wildman–Crippen MR) is 66.2 cm³/mol. The maximum atomic E-state index is 10.9. The van der Waals surface area contributed by atoms with Gasteiger partial charge in [0.05, 0.1) is 5.56 Å². The molecule has 0 unspecified atom stereocenters. The highest BCUT2D eigenvalue weighted by Crippen LogP contribution is 2.31. The summed E-state index contributed by atoms with van der Waals surface area (Å²) in [7, 11) is 0. The second-order valence-corrected chi connectivity index (χ2v) is 5.51. The van der Waals surface area contributed by atoms with E-state index >= 15 is 0 Å². The van der Waals surface area contributed by atoms with Crippen LogP contribution in [0.2, 0.25) is 0 Å². The number of carboxylic acids is 1. The van der Waals surface area contributed by atoms with E-state index in [0.717, 1.165) is 5.56 Å². The zero-order chi connectivity index (χ0) is 12.5. The lowest BCUT2D eigenvalue weighted by Gasteiger charge is -2.25. The van der Waals surface area contributed by atoms with Gasteiger partial charge in [0.25, 0.3) is 0 Å². The first-order valence-electron chi connectivity index (χ1n) is 5.61. The van der Waals surface area contributed by atoms with Crippen molar-refractivity contribution >= 4 is 5.97 Å². The minimum atomic E-state index is -0.859. The van der Waals surface area contributed by atoms with E-state index in [0.29, 0.717) is 11.5 Å². The van der Waals surface area contributed by atoms with Crippen molar-refractivity contribution in [1.82, 2.24) is 0 Å². The first kappa shape index (κ1) is 12.8. The van der Waals surface area contributed by atoms with Crippen LogP contribution in [0.5, 0.6) is 0 Å². The number of rotatable bonds is 2. The lowest BCUT2D eigenvalue weighted by Crippen LogP contribution is -2.15. The van der Waals surface area contributed by atoms with Gasteiger partial charge in [0, 0.05) is 0 Å². The molecule has 0 aromatic heterocycles. The molecule has 1 aromatic carbocycles. The molecule has 0 spiro atoms. The molecule has 0 amide bonds. The second kappa shape index (κ2) is 4.28. The normalized spacial score (nSPS) is 11.9. The Morgan fingerprint density at radius 3 is 2.19 bits per heavy atom. The Balaban J connectivity index is 3.37. The van der Waals surface area contributed by atoms with Gasteiger partial charge in [0.15, 0.2) is 0 Å². The average Bonchev–Trinajstić information content (AvgIpc) is 2.15. The van der Waals surface area contributed by atoms with Gasteiger partial charge in [-0.25, -0.2) is 4.79 Å². The molecule has 0 aliphatic heterocycles. The molecule has 0 heterocycles. The van der Waals surface area contributed by atoms with E-state index in [1.165, 1.54) is 5.56 Å². The van der Waals surface area contributed by atoms with E-state index in [-0.39, 0.29) is 5.41 Å². The van der Waals surface area contributed by atoms with Crippen molar-refractivity contribution in [3.63, 3.8) is 0 Å². The van der Waals surface area contributed by atoms with Gasteiger partial charge in [-0.2, -0.15) is 0 Å². The van der Waals surface area contributed by atoms with Crippen LogP contribution >= 0.6 is 0 Å². The van der Waals surface area contributed by atoms with Crippen molar-refractivity contribution in [2.75, 3.05) is 0 Å². The number of carbonyl (C=O) groups is 1. The zero-order valence-corrected chi connectivity index (χ0v) is 10.7. The molecule has 0 saturated carbocycles. The third-order valence-corrected chi connectivity index (χ3v) is 2.73. The highest BCUT2D eigenvalue weighted by Gasteiger charge is 2.20. The van der Waals surface area contributed by atoms with E-state index in [2.05, 4.69) is 34.6 Å². The van der Waals surface area contributed by atoms with Gasteiger partial charge in [0.1, 0.15) is 0 Å². The van der Waals surface area contributed by atoms with Crippen molar-refractivity contribution in [2.45, 2.75) is 46.0 Å². The first-order chi connectivity index (χ1) is 7.23. The van der Waals surface area contributed by atoms with Crippen molar-refractivity contribution in [1.29, 1.82) is 0 Å². The van der Waals surface area contributed by atoms with Crippen LogP contribution in [0.4, 0.5) is 0 Å². The number of aromatic carboxylic acids is 1. The van der Waals surface area contributed by atoms with Crippen LogP contribution in [-0.2, 0) is 5.41 Å². The van der Waals surface area contributed by atoms with Crippen LogP contribution in [0.1, 0.15) is 62.0 Å². The molecular weight excluding hydrogens is 200 g/mol. The van der Waals surface area contributed by atoms with Gasteiger partial charge in [-0.05, 0) is 34.6 Å². The molecule has 0 aliphatic rings. The summed E-state index contributed by atoms with van der Waals surface area (Å²) in [5, 5.41) is 8.98. The number of benzene rings is 1. The molecule has 1 N–H and O–H groups in total. The highest BCUT2D eigenvalue weighted by molar-refractivity contribution is 5.88. The smallest absolute Gasteiger partial charge is 0.335 e. The van der Waals surface area contributed by atoms with Crippen LogP contribution in [0.3, 0.4) is 0 Å². The fraction of sp³-hybridized carbons (Fsp3) is 0.500. The summed E-state index contributed by atoms with van der Waals surface area (Å²) in [4.78, 5) is 10.9. The minimum absolute atomic E-state index is 0.0522. The summed E-state index contributed by atoms with van der Waals surface area (Å²) >= 11 is 0. The lowest BCUT2D eigenvalue weighted by atomic mass is 9.80. The summed E-state index contributed by atoms with van der Waals surface area (Å²) in [5.74, 6) is -0.518. The monoisotopic (exact) mass is 220 g/mol. The van der Waals surface area contributed by atoms with E-state index < -0.39 is 5.97 Å². The molecule has 88 valence electrons. The minimum Gasteiger partial charge on any atom is -0.478 e. The van der Waals surface area contributed by atoms with Gasteiger partial charge in [-0.3, -0.25) is 0 Å². The molecule has 16 heavy (non-hydrogen) atoms. The Morgan fingerprint density at radius 2 is 1.81 bits per heavy atom. The van der Waals surface area contributed by atoms with Gasteiger partial charge in [-0.15, -0.1) is 0 Å². The molecule has 0 radical (unpaired) electrons. The number of carboxylic acid groups (broad SMARTS) is 1. The topological polar surface area (TPSA) is 37.3 Å². The number of hydrogen-bond donors (Lipinski definition) is 1. The van der Waals surface area contributed by atoms with Crippen LogP contribution in [-0.4, -0.2) is 11.1 Å². The summed E-state index contributed by atoms with van der Waals surface area (Å²) in [6.45, 7) is 10.6. The molecule has 0 aliphatic carbocycles. The van der Waals surface area contributed by atoms with Gasteiger partial charge >= 0.3 is 5.97 Å². The molecule has 1 aromatic rings. The predicted octanol–water partition coefficient (Wildman–Crippen LogP) is 3.81. The third-order valence-electron chi connectivity index (χ3n) is 2.73. The molecule has 0 fully saturated rings. The summed E-state index contributed by atoms with van der Waals surface area (Å²) < 4.78 is 0. The second-order valence-electron chi connectivity index (χ2n) is 5.51. The summed E-state index contributed by atoms with van der Waals surface area (Å²) in [6, 6.07) is 5.43. The lowest BCUT2D eigenvalue weighted by molar-refractivity contribution is 0.0696. The van der Waals surface area contributed by atoms with Crippen molar-refractivity contribution in [3.8, 4) is 0 Å². The molecule has 1 rings (SSSR count). The summed E-state index contributed by atoms with van der Waals surface area (Å²) in [6.07, 6.45) is 0. The maximum Gasteiger partial charge on any atom is 0.335 e. The molecule has 0 bridgehead atoms. The first-order valence-corrected chi connectivity index (χ1v) is 5.61. The molecule has 2 heteroatoms. The third kappa shape index (κ3) is 2.63. The van der Waals surface area contributed by atoms with E-state index in [1.807, 2.05) is 6.07 Å². The van der Waals surface area contributed by atoms with Crippen LogP contribution in [0.15, 0.2) is 18.2 Å². The fourth-order valence-electron chi connectivity index (χ4n) is 1.86. The zero-order valence-electron chi connectivity index (χ0n) is 10.7. The Kier molecular flexibility index (Phi) is 3.41. The van der Waals surface area contributed by atoms with E-state index in [4.69, 9.17) is 5.11 Å². The van der Waals surface area contributed by atoms with Gasteiger partial charge in [-0.1, -0.05) is 40.7 Å². The van der Waals surface area contributed by atoms with Crippen LogP contribution in [0, 0.1) is 0 Å². The highest BCUT2D eigenvalue weighted by atomic mass is 16.4. The largest absolute Gasteiger partial charge is 0.478 e. The Morgan fingerprint density at radius 1 is 1.25 bits per heavy atom. The molecule has 2 nitrogen and oxygen atoms in total. The van der Waals surface area contributed by atoms with Crippen molar-refractivity contribution in [3.05, 3.63) is 34.9 Å². The number of hydrogen-bond acceptors (Lipinski definition) is 1. The molecule has 0 atom stereocenters. The summed E-state index contributed by atoms with van der Waals surface area (Å²) in [5.41, 5.74) is 2.79. The van der Waals surface area contributed by atoms with Crippen LogP contribution < -0.4 is 0 Å². The standard InChI is InChI=1S/C14H20O2/c1-9(2)11-8-10(13(15)16)6-7-12(11)14(3,4)5/h6-9H,1-5H3,(H,15,16). The SMILES string of the molecule is CC(C)c1cc(C(=O)O)ccc1C(C)(C)C. The Hall–Kier alpha value is -1.31. The molecule has 0 saturated heterocycles. The van der Waals surface area contributed by atoms with Crippen molar-refractivity contribution < 1.29 is 9.90 Å². The Bertz CT molecular complexity index is 398. The quantitative estimate of drug-likeness (QED) is 0.823. The molecular formula is C14H20O2.